The Morgan fingerprint density at radius 1 is 1.54 bits per heavy atom. The van der Waals surface area contributed by atoms with Gasteiger partial charge in [-0.05, 0) is 20.8 Å². The van der Waals surface area contributed by atoms with Crippen LogP contribution in [0, 0.1) is 0 Å². The normalized spacial score (nSPS) is 13.9. The lowest BCUT2D eigenvalue weighted by Gasteiger charge is -2.38. The van der Waals surface area contributed by atoms with Crippen LogP contribution in [0.4, 0.5) is 4.79 Å². The second kappa shape index (κ2) is 4.43. The Morgan fingerprint density at radius 3 is 2.08 bits per heavy atom. The molecule has 0 saturated heterocycles. The molecule has 0 aromatic carbocycles. The van der Waals surface area contributed by atoms with E-state index >= 15 is 0 Å². The molecule has 0 rings (SSSR count). The first kappa shape index (κ1) is 12.2. The van der Waals surface area contributed by atoms with E-state index in [1.165, 1.54) is 4.90 Å². The third-order valence-corrected chi connectivity index (χ3v) is 1.78. The first-order valence-electron chi connectivity index (χ1n) is 4.17. The van der Waals surface area contributed by atoms with Gasteiger partial charge in [0, 0.05) is 12.1 Å². The maximum Gasteiger partial charge on any atom is 0.408 e. The Labute approximate surface area is 78.1 Å². The minimum Gasteiger partial charge on any atom is -0.465 e. The summed E-state index contributed by atoms with van der Waals surface area (Å²) in [6.07, 6.45) is -1.06. The molecule has 0 heterocycles. The minimum atomic E-state index is -1.06. The summed E-state index contributed by atoms with van der Waals surface area (Å²) >= 11 is 0. The fourth-order valence-electron chi connectivity index (χ4n) is 1.25. The Kier molecular flexibility index (Phi) is 4.16. The van der Waals surface area contributed by atoms with Gasteiger partial charge >= 0.3 is 6.09 Å². The molecule has 0 fully saturated rings. The second-order valence-electron chi connectivity index (χ2n) is 3.90. The number of nitrogens with zero attached hydrogens (tertiary/aromatic N) is 1. The van der Waals surface area contributed by atoms with Crippen LogP contribution >= 0.6 is 0 Å². The molecule has 0 radical (unpaired) electrons. The van der Waals surface area contributed by atoms with E-state index in [0.29, 0.717) is 0 Å². The topological polar surface area (TPSA) is 86.8 Å². The fraction of sp³-hybridized carbons (Fsp3) is 0.875. The quantitative estimate of drug-likeness (QED) is 0.588. The molecule has 5 heteroatoms. The van der Waals surface area contributed by atoms with Crippen molar-refractivity contribution in [2.45, 2.75) is 32.4 Å². The zero-order chi connectivity index (χ0) is 10.6. The van der Waals surface area contributed by atoms with Crippen molar-refractivity contribution in [1.82, 2.24) is 4.90 Å². The minimum absolute atomic E-state index is 0.125. The van der Waals surface area contributed by atoms with Crippen molar-refractivity contribution in [3.8, 4) is 0 Å². The molecule has 4 N–H and O–H groups in total. The van der Waals surface area contributed by atoms with Crippen LogP contribution in [0.25, 0.3) is 0 Å². The van der Waals surface area contributed by atoms with E-state index in [0.717, 1.165) is 0 Å². The van der Waals surface area contributed by atoms with Crippen molar-refractivity contribution in [1.29, 1.82) is 0 Å². The number of aliphatic hydroxyl groups excluding tert-OH is 1. The average Bonchev–Trinajstić information content (AvgIpc) is 1.96. The van der Waals surface area contributed by atoms with Gasteiger partial charge in [-0.3, -0.25) is 4.90 Å². The van der Waals surface area contributed by atoms with Crippen LogP contribution in [0.5, 0.6) is 0 Å². The number of carbonyl (C=O) groups is 1. The van der Waals surface area contributed by atoms with E-state index in [-0.39, 0.29) is 13.2 Å². The number of amides is 1. The third kappa shape index (κ3) is 3.20. The van der Waals surface area contributed by atoms with Crippen LogP contribution in [0.3, 0.4) is 0 Å². The molecule has 0 saturated carbocycles. The lowest BCUT2D eigenvalue weighted by molar-refractivity contribution is 0.0495. The summed E-state index contributed by atoms with van der Waals surface area (Å²) in [5, 5.41) is 17.8. The summed E-state index contributed by atoms with van der Waals surface area (Å²) in [6, 6.07) is -0.530. The largest absolute Gasteiger partial charge is 0.465 e. The van der Waals surface area contributed by atoms with Gasteiger partial charge in [0.05, 0.1) is 12.6 Å². The van der Waals surface area contributed by atoms with Gasteiger partial charge in [0.1, 0.15) is 0 Å². The number of rotatable bonds is 3. The van der Waals surface area contributed by atoms with Crippen LogP contribution in [-0.2, 0) is 0 Å². The van der Waals surface area contributed by atoms with Crippen molar-refractivity contribution in [2.75, 3.05) is 13.2 Å². The molecule has 0 aromatic rings. The Morgan fingerprint density at radius 2 is 2.00 bits per heavy atom. The molecule has 0 aliphatic carbocycles. The monoisotopic (exact) mass is 190 g/mol. The lowest BCUT2D eigenvalue weighted by atomic mass is 10.0. The van der Waals surface area contributed by atoms with Gasteiger partial charge in [0.15, 0.2) is 0 Å². The van der Waals surface area contributed by atoms with E-state index in [1.807, 2.05) is 0 Å². The van der Waals surface area contributed by atoms with E-state index in [4.69, 9.17) is 15.9 Å². The molecule has 1 amide bonds. The number of hydrogen-bond acceptors (Lipinski definition) is 3. The molecule has 13 heavy (non-hydrogen) atoms. The summed E-state index contributed by atoms with van der Waals surface area (Å²) in [6.45, 7) is 5.17. The zero-order valence-corrected chi connectivity index (χ0v) is 8.32. The van der Waals surface area contributed by atoms with Crippen molar-refractivity contribution in [3.63, 3.8) is 0 Å². The summed E-state index contributed by atoms with van der Waals surface area (Å²) < 4.78 is 0. The Bertz CT molecular complexity index is 173. The predicted molar refractivity (Wildman–Crippen MR) is 49.5 cm³/mol. The van der Waals surface area contributed by atoms with E-state index in [9.17, 15) is 4.79 Å². The van der Waals surface area contributed by atoms with Gasteiger partial charge < -0.3 is 15.9 Å². The lowest BCUT2D eigenvalue weighted by Crippen LogP contribution is -2.55. The van der Waals surface area contributed by atoms with Crippen molar-refractivity contribution < 1.29 is 15.0 Å². The van der Waals surface area contributed by atoms with E-state index in [2.05, 4.69) is 0 Å². The van der Waals surface area contributed by atoms with Crippen molar-refractivity contribution in [2.24, 2.45) is 5.73 Å². The highest BCUT2D eigenvalue weighted by Crippen LogP contribution is 2.16. The standard InChI is InChI=1S/C8H18N2O3/c1-8(2,3)10(7(12)13)6(4-9)5-11/h6,11H,4-5,9H2,1-3H3,(H,12,13). The van der Waals surface area contributed by atoms with Crippen LogP contribution in [0.1, 0.15) is 20.8 Å². The molecule has 0 aliphatic rings. The molecule has 0 bridgehead atoms. The number of aliphatic hydroxyl groups is 1. The highest BCUT2D eigenvalue weighted by molar-refractivity contribution is 5.66. The molecular weight excluding hydrogens is 172 g/mol. The van der Waals surface area contributed by atoms with Gasteiger partial charge in [-0.15, -0.1) is 0 Å². The van der Waals surface area contributed by atoms with E-state index in [1.54, 1.807) is 20.8 Å². The number of hydrogen-bond donors (Lipinski definition) is 3. The van der Waals surface area contributed by atoms with E-state index < -0.39 is 17.7 Å². The Hall–Kier alpha value is -0.810. The molecule has 0 aromatic heterocycles. The van der Waals surface area contributed by atoms with Crippen LogP contribution in [-0.4, -0.2) is 45.9 Å². The first-order valence-corrected chi connectivity index (χ1v) is 4.17. The summed E-state index contributed by atoms with van der Waals surface area (Å²) in [7, 11) is 0. The molecule has 5 nitrogen and oxygen atoms in total. The second-order valence-corrected chi connectivity index (χ2v) is 3.90. The average molecular weight is 190 g/mol. The van der Waals surface area contributed by atoms with Crippen LogP contribution in [0.2, 0.25) is 0 Å². The van der Waals surface area contributed by atoms with Gasteiger partial charge in [-0.25, -0.2) is 4.79 Å². The number of nitrogens with two attached hydrogens (primary N) is 1. The smallest absolute Gasteiger partial charge is 0.408 e. The van der Waals surface area contributed by atoms with Gasteiger partial charge in [-0.1, -0.05) is 0 Å². The van der Waals surface area contributed by atoms with Gasteiger partial charge in [0.25, 0.3) is 0 Å². The van der Waals surface area contributed by atoms with Crippen LogP contribution in [0.15, 0.2) is 0 Å². The van der Waals surface area contributed by atoms with Crippen molar-refractivity contribution >= 4 is 6.09 Å². The molecule has 0 spiro atoms. The van der Waals surface area contributed by atoms with Crippen molar-refractivity contribution in [3.05, 3.63) is 0 Å². The molecule has 78 valence electrons. The molecule has 1 unspecified atom stereocenters. The zero-order valence-electron chi connectivity index (χ0n) is 8.32. The third-order valence-electron chi connectivity index (χ3n) is 1.78. The Balaban J connectivity index is 4.69. The van der Waals surface area contributed by atoms with Gasteiger partial charge in [0.2, 0.25) is 0 Å². The maximum atomic E-state index is 10.9. The highest BCUT2D eigenvalue weighted by Gasteiger charge is 2.31. The summed E-state index contributed by atoms with van der Waals surface area (Å²) in [5.41, 5.74) is 4.81. The fourth-order valence-corrected chi connectivity index (χ4v) is 1.25. The molecule has 0 aliphatic heterocycles. The van der Waals surface area contributed by atoms with Gasteiger partial charge in [-0.2, -0.15) is 0 Å². The summed E-state index contributed by atoms with van der Waals surface area (Å²) in [4.78, 5) is 12.0. The number of carboxylic acid groups (broad SMARTS) is 1. The van der Waals surface area contributed by atoms with Crippen LogP contribution < -0.4 is 5.73 Å². The first-order chi connectivity index (χ1) is 5.84. The maximum absolute atomic E-state index is 10.9. The SMILES string of the molecule is CC(C)(C)N(C(=O)O)C(CN)CO. The predicted octanol–water partition coefficient (Wildman–Crippen LogP) is 0.0845. The molecule has 1 atom stereocenters. The highest BCUT2D eigenvalue weighted by atomic mass is 16.4. The molecular formula is C8H18N2O3. The summed E-state index contributed by atoms with van der Waals surface area (Å²) in [5.74, 6) is 0.